The Labute approximate surface area is 182 Å². The minimum absolute atomic E-state index is 0.0552. The van der Waals surface area contributed by atoms with E-state index in [0.717, 1.165) is 36.8 Å². The molecule has 0 aromatic heterocycles. The standard InChI is InChI=1S/C22H33NO8/c1-14(2)18-13-30-22(29)23(18)21(28)15(3)20(31-16(4)25)19(27)11-10-17(26)9-7-5-6-8-12-24/h10-11,14-15,18,20,24H,5-9,12-13H2,1-4H3. The van der Waals surface area contributed by atoms with Gasteiger partial charge in [0.1, 0.15) is 6.61 Å². The van der Waals surface area contributed by atoms with Crippen LogP contribution in [-0.4, -0.2) is 64.9 Å². The molecule has 1 fully saturated rings. The summed E-state index contributed by atoms with van der Waals surface area (Å²) in [6.45, 7) is 6.36. The Hall–Kier alpha value is -2.55. The van der Waals surface area contributed by atoms with Crippen LogP contribution in [0.3, 0.4) is 0 Å². The highest BCUT2D eigenvalue weighted by Gasteiger charge is 2.44. The van der Waals surface area contributed by atoms with E-state index in [1.165, 1.54) is 6.92 Å². The predicted octanol–water partition coefficient (Wildman–Crippen LogP) is 2.19. The summed E-state index contributed by atoms with van der Waals surface area (Å²) in [6, 6.07) is -0.474. The van der Waals surface area contributed by atoms with Gasteiger partial charge in [0.05, 0.1) is 12.0 Å². The van der Waals surface area contributed by atoms with Gasteiger partial charge in [0.25, 0.3) is 0 Å². The van der Waals surface area contributed by atoms with E-state index in [1.54, 1.807) is 0 Å². The quantitative estimate of drug-likeness (QED) is 0.263. The molecule has 3 unspecified atom stereocenters. The molecule has 9 heteroatoms. The number of carbonyl (C=O) groups excluding carboxylic acids is 5. The average molecular weight is 440 g/mol. The van der Waals surface area contributed by atoms with Gasteiger partial charge in [0.2, 0.25) is 5.91 Å². The minimum Gasteiger partial charge on any atom is -0.453 e. The lowest BCUT2D eigenvalue weighted by atomic mass is 9.96. The first kappa shape index (κ1) is 26.5. The minimum atomic E-state index is -1.46. The highest BCUT2D eigenvalue weighted by atomic mass is 16.6. The number of rotatable bonds is 13. The monoisotopic (exact) mass is 439 g/mol. The van der Waals surface area contributed by atoms with Gasteiger partial charge in [-0.25, -0.2) is 9.69 Å². The Morgan fingerprint density at radius 1 is 1.13 bits per heavy atom. The van der Waals surface area contributed by atoms with E-state index < -0.39 is 41.8 Å². The number of carbonyl (C=O) groups is 5. The maximum Gasteiger partial charge on any atom is 0.416 e. The third kappa shape index (κ3) is 8.24. The van der Waals surface area contributed by atoms with E-state index in [9.17, 15) is 24.0 Å². The third-order valence-corrected chi connectivity index (χ3v) is 5.09. The lowest BCUT2D eigenvalue weighted by molar-refractivity contribution is -0.158. The molecule has 0 aromatic carbocycles. The van der Waals surface area contributed by atoms with Gasteiger partial charge < -0.3 is 14.6 Å². The van der Waals surface area contributed by atoms with Crippen molar-refractivity contribution in [3.8, 4) is 0 Å². The summed E-state index contributed by atoms with van der Waals surface area (Å²) in [6.07, 6.45) is 3.04. The molecule has 2 amide bonds. The van der Waals surface area contributed by atoms with Gasteiger partial charge in [-0.05, 0) is 37.8 Å². The molecule has 0 bridgehead atoms. The smallest absolute Gasteiger partial charge is 0.416 e. The van der Waals surface area contributed by atoms with Crippen LogP contribution in [0.1, 0.15) is 59.8 Å². The molecule has 1 aliphatic heterocycles. The van der Waals surface area contributed by atoms with Crippen molar-refractivity contribution in [2.45, 2.75) is 71.9 Å². The molecular weight excluding hydrogens is 406 g/mol. The topological polar surface area (TPSA) is 127 Å². The molecule has 1 rings (SSSR count). The van der Waals surface area contributed by atoms with Crippen molar-refractivity contribution in [3.05, 3.63) is 12.2 Å². The van der Waals surface area contributed by atoms with Crippen molar-refractivity contribution >= 4 is 29.5 Å². The van der Waals surface area contributed by atoms with Crippen LogP contribution in [0.25, 0.3) is 0 Å². The number of cyclic esters (lactones) is 1. The van der Waals surface area contributed by atoms with Crippen LogP contribution < -0.4 is 0 Å². The molecular formula is C22H33NO8. The molecule has 0 aliphatic carbocycles. The number of hydrogen-bond acceptors (Lipinski definition) is 8. The number of nitrogens with zero attached hydrogens (tertiary/aromatic N) is 1. The molecule has 9 nitrogen and oxygen atoms in total. The van der Waals surface area contributed by atoms with Crippen LogP contribution in [0.2, 0.25) is 0 Å². The Bertz CT molecular complexity index is 700. The van der Waals surface area contributed by atoms with Crippen molar-refractivity contribution in [1.29, 1.82) is 0 Å². The lowest BCUT2D eigenvalue weighted by Crippen LogP contribution is -2.48. The fraction of sp³-hybridized carbons (Fsp3) is 0.682. The maximum absolute atomic E-state index is 12.9. The first-order chi connectivity index (χ1) is 14.6. The van der Waals surface area contributed by atoms with Crippen molar-refractivity contribution < 1.29 is 38.6 Å². The lowest BCUT2D eigenvalue weighted by Gasteiger charge is -2.28. The van der Waals surface area contributed by atoms with Crippen molar-refractivity contribution in [2.75, 3.05) is 13.2 Å². The van der Waals surface area contributed by atoms with E-state index in [4.69, 9.17) is 14.6 Å². The second-order valence-electron chi connectivity index (χ2n) is 8.01. The number of allylic oxidation sites excluding steroid dienone is 1. The number of aliphatic hydroxyl groups excluding tert-OH is 1. The first-order valence-corrected chi connectivity index (χ1v) is 10.6. The number of ketones is 2. The zero-order valence-electron chi connectivity index (χ0n) is 18.7. The van der Waals surface area contributed by atoms with E-state index in [2.05, 4.69) is 0 Å². The highest BCUT2D eigenvalue weighted by molar-refractivity contribution is 6.04. The van der Waals surface area contributed by atoms with Gasteiger partial charge in [-0.2, -0.15) is 0 Å². The second-order valence-corrected chi connectivity index (χ2v) is 8.01. The van der Waals surface area contributed by atoms with Crippen LogP contribution in [-0.2, 0) is 28.7 Å². The summed E-state index contributed by atoms with van der Waals surface area (Å²) < 4.78 is 10.0. The molecule has 0 aromatic rings. The number of ether oxygens (including phenoxy) is 2. The number of unbranched alkanes of at least 4 members (excludes halogenated alkanes) is 3. The van der Waals surface area contributed by atoms with Crippen LogP contribution >= 0.6 is 0 Å². The number of hydrogen-bond donors (Lipinski definition) is 1. The fourth-order valence-electron chi connectivity index (χ4n) is 3.23. The van der Waals surface area contributed by atoms with Crippen molar-refractivity contribution in [2.24, 2.45) is 11.8 Å². The van der Waals surface area contributed by atoms with E-state index in [-0.39, 0.29) is 31.3 Å². The van der Waals surface area contributed by atoms with Crippen LogP contribution in [0.4, 0.5) is 4.79 Å². The normalized spacial score (nSPS) is 18.2. The summed E-state index contributed by atoms with van der Waals surface area (Å²) in [5.41, 5.74) is 0. The van der Waals surface area contributed by atoms with E-state index in [1.807, 2.05) is 13.8 Å². The zero-order valence-corrected chi connectivity index (χ0v) is 18.7. The predicted molar refractivity (Wildman–Crippen MR) is 111 cm³/mol. The molecule has 1 heterocycles. The molecule has 1 saturated heterocycles. The summed E-state index contributed by atoms with van der Waals surface area (Å²) in [5.74, 6) is -3.60. The number of esters is 1. The van der Waals surface area contributed by atoms with Gasteiger partial charge in [0.15, 0.2) is 17.7 Å². The Kier molecular flexibility index (Phi) is 11.1. The maximum atomic E-state index is 12.9. The average Bonchev–Trinajstić information content (AvgIpc) is 3.10. The van der Waals surface area contributed by atoms with Gasteiger partial charge in [0, 0.05) is 20.0 Å². The summed E-state index contributed by atoms with van der Waals surface area (Å²) in [5, 5.41) is 8.74. The molecule has 0 saturated carbocycles. The molecule has 1 aliphatic rings. The zero-order chi connectivity index (χ0) is 23.6. The summed E-state index contributed by atoms with van der Waals surface area (Å²) >= 11 is 0. The summed E-state index contributed by atoms with van der Waals surface area (Å²) in [4.78, 5) is 62.1. The van der Waals surface area contributed by atoms with E-state index >= 15 is 0 Å². The van der Waals surface area contributed by atoms with Crippen LogP contribution in [0, 0.1) is 11.8 Å². The SMILES string of the molecule is CC(=O)OC(C(=O)C=CC(=O)CCCCCCO)C(C)C(=O)N1C(=O)OCC1C(C)C. The number of aliphatic hydroxyl groups is 1. The van der Waals surface area contributed by atoms with Crippen molar-refractivity contribution in [1.82, 2.24) is 4.90 Å². The van der Waals surface area contributed by atoms with Gasteiger partial charge in [-0.15, -0.1) is 0 Å². The largest absolute Gasteiger partial charge is 0.453 e. The Morgan fingerprint density at radius 2 is 1.77 bits per heavy atom. The van der Waals surface area contributed by atoms with Gasteiger partial charge in [-0.3, -0.25) is 19.2 Å². The number of amides is 2. The van der Waals surface area contributed by atoms with Crippen molar-refractivity contribution in [3.63, 3.8) is 0 Å². The third-order valence-electron chi connectivity index (χ3n) is 5.09. The highest BCUT2D eigenvalue weighted by Crippen LogP contribution is 2.24. The Balaban J connectivity index is 2.83. The van der Waals surface area contributed by atoms with E-state index in [0.29, 0.717) is 12.8 Å². The molecule has 1 N–H and O–H groups in total. The van der Waals surface area contributed by atoms with Crippen LogP contribution in [0.15, 0.2) is 12.2 Å². The fourth-order valence-corrected chi connectivity index (χ4v) is 3.23. The van der Waals surface area contributed by atoms with Crippen LogP contribution in [0.5, 0.6) is 0 Å². The first-order valence-electron chi connectivity index (χ1n) is 10.6. The van der Waals surface area contributed by atoms with Gasteiger partial charge in [-0.1, -0.05) is 26.7 Å². The Morgan fingerprint density at radius 3 is 2.35 bits per heavy atom. The number of imide groups is 1. The molecule has 3 atom stereocenters. The molecule has 0 spiro atoms. The molecule has 174 valence electrons. The second kappa shape index (κ2) is 13.0. The van der Waals surface area contributed by atoms with Gasteiger partial charge >= 0.3 is 12.1 Å². The molecule has 31 heavy (non-hydrogen) atoms. The molecule has 0 radical (unpaired) electrons. The summed E-state index contributed by atoms with van der Waals surface area (Å²) in [7, 11) is 0.